The number of hydrogen-bond donors (Lipinski definition) is 1. The van der Waals surface area contributed by atoms with E-state index in [1.165, 1.54) is 5.56 Å². The maximum Gasteiger partial charge on any atom is 0.238 e. The molecule has 1 aliphatic carbocycles. The zero-order chi connectivity index (χ0) is 9.54. The van der Waals surface area contributed by atoms with Gasteiger partial charge in [0.05, 0.1) is 6.04 Å². The minimum absolute atomic E-state index is 0.375. The first-order chi connectivity index (χ1) is 6.88. The first kappa shape index (κ1) is 8.41. The molecular weight excluding hydrogens is 196 g/mol. The second kappa shape index (κ2) is 3.05. The van der Waals surface area contributed by atoms with Gasteiger partial charge in [-0.05, 0) is 17.9 Å². The Hall–Kier alpha value is -0.900. The summed E-state index contributed by atoms with van der Waals surface area (Å²) in [5.41, 5.74) is 2.41. The average Bonchev–Trinajstić information content (AvgIpc) is 2.93. The van der Waals surface area contributed by atoms with Gasteiger partial charge in [-0.25, -0.2) is 4.98 Å². The van der Waals surface area contributed by atoms with E-state index in [2.05, 4.69) is 22.6 Å². The van der Waals surface area contributed by atoms with Gasteiger partial charge in [0.15, 0.2) is 0 Å². The Labute approximate surface area is 87.3 Å². The quantitative estimate of drug-likeness (QED) is 0.804. The van der Waals surface area contributed by atoms with E-state index in [-0.39, 0.29) is 0 Å². The number of rotatable bonds is 2. The Balaban J connectivity index is 1.98. The molecule has 0 aromatic carbocycles. The molecule has 2 aliphatic rings. The molecule has 74 valence electrons. The summed E-state index contributed by atoms with van der Waals surface area (Å²) < 4.78 is 5.71. The first-order valence-electron chi connectivity index (χ1n) is 4.78. The van der Waals surface area contributed by atoms with E-state index in [4.69, 9.17) is 4.74 Å². The standard InChI is InChI=1S/C10H12N2OS/c1-14-5-6-2-3-11-10-9(6)12-7-4-8(7)13-10/h2-3,7-8,12H,4-5H2,1H3. The Bertz CT molecular complexity index is 369. The van der Waals surface area contributed by atoms with Crippen LogP contribution in [-0.4, -0.2) is 23.4 Å². The number of nitrogens with zero attached hydrogens (tertiary/aromatic N) is 1. The third-order valence-electron chi connectivity index (χ3n) is 2.63. The van der Waals surface area contributed by atoms with Crippen LogP contribution in [0.1, 0.15) is 12.0 Å². The predicted octanol–water partition coefficient (Wildman–Crippen LogP) is 1.89. The van der Waals surface area contributed by atoms with Crippen molar-refractivity contribution < 1.29 is 4.74 Å². The molecule has 1 aromatic heterocycles. The highest BCUT2D eigenvalue weighted by Gasteiger charge is 2.44. The number of nitrogens with one attached hydrogen (secondary N) is 1. The molecule has 2 unspecified atom stereocenters. The lowest BCUT2D eigenvalue weighted by Crippen LogP contribution is -2.20. The summed E-state index contributed by atoms with van der Waals surface area (Å²) in [6.45, 7) is 0. The van der Waals surface area contributed by atoms with Gasteiger partial charge in [-0.3, -0.25) is 0 Å². The van der Waals surface area contributed by atoms with E-state index in [1.54, 1.807) is 0 Å². The third kappa shape index (κ3) is 1.25. The zero-order valence-electron chi connectivity index (χ0n) is 7.99. The van der Waals surface area contributed by atoms with Crippen LogP contribution < -0.4 is 10.1 Å². The van der Waals surface area contributed by atoms with E-state index in [0.717, 1.165) is 23.7 Å². The van der Waals surface area contributed by atoms with Crippen molar-refractivity contribution in [3.63, 3.8) is 0 Å². The van der Waals surface area contributed by atoms with Crippen LogP contribution in [0.3, 0.4) is 0 Å². The summed E-state index contributed by atoms with van der Waals surface area (Å²) in [5, 5.41) is 3.49. The van der Waals surface area contributed by atoms with E-state index >= 15 is 0 Å². The lowest BCUT2D eigenvalue weighted by molar-refractivity contribution is 0.280. The summed E-state index contributed by atoms with van der Waals surface area (Å²) in [6.07, 6.45) is 5.43. The molecule has 14 heavy (non-hydrogen) atoms. The van der Waals surface area contributed by atoms with Gasteiger partial charge >= 0.3 is 0 Å². The molecule has 1 fully saturated rings. The number of hydrogen-bond acceptors (Lipinski definition) is 4. The van der Waals surface area contributed by atoms with Gasteiger partial charge in [0.1, 0.15) is 11.8 Å². The van der Waals surface area contributed by atoms with Crippen molar-refractivity contribution >= 4 is 17.4 Å². The molecule has 1 saturated carbocycles. The molecule has 4 heteroatoms. The highest BCUT2D eigenvalue weighted by molar-refractivity contribution is 7.97. The molecule has 1 aromatic rings. The lowest BCUT2D eigenvalue weighted by Gasteiger charge is -2.19. The molecule has 3 rings (SSSR count). The molecule has 0 amide bonds. The summed E-state index contributed by atoms with van der Waals surface area (Å²) in [7, 11) is 0. The number of ether oxygens (including phenoxy) is 1. The number of anilines is 1. The van der Waals surface area contributed by atoms with Gasteiger partial charge in [0, 0.05) is 18.4 Å². The van der Waals surface area contributed by atoms with Crippen molar-refractivity contribution in [2.45, 2.75) is 24.3 Å². The molecule has 0 radical (unpaired) electrons. The monoisotopic (exact) mass is 208 g/mol. The number of fused-ring (bicyclic) bond motifs is 2. The second-order valence-electron chi connectivity index (χ2n) is 3.73. The molecule has 1 N–H and O–H groups in total. The van der Waals surface area contributed by atoms with Gasteiger partial charge in [-0.1, -0.05) is 0 Å². The summed E-state index contributed by atoms with van der Waals surface area (Å²) in [5.74, 6) is 1.80. The van der Waals surface area contributed by atoms with Gasteiger partial charge in [-0.2, -0.15) is 11.8 Å². The normalized spacial score (nSPS) is 26.9. The Morgan fingerprint density at radius 1 is 1.71 bits per heavy atom. The van der Waals surface area contributed by atoms with Crippen molar-refractivity contribution in [2.75, 3.05) is 11.6 Å². The molecular formula is C10H12N2OS. The molecule has 0 saturated heterocycles. The first-order valence-corrected chi connectivity index (χ1v) is 6.18. The van der Waals surface area contributed by atoms with Crippen LogP contribution in [0.2, 0.25) is 0 Å². The minimum Gasteiger partial charge on any atom is -0.471 e. The molecule has 2 atom stereocenters. The fourth-order valence-corrected chi connectivity index (χ4v) is 2.33. The molecule has 2 heterocycles. The Morgan fingerprint density at radius 2 is 2.64 bits per heavy atom. The smallest absolute Gasteiger partial charge is 0.238 e. The maximum absolute atomic E-state index is 5.71. The number of thioether (sulfide) groups is 1. The average molecular weight is 208 g/mol. The number of aromatic nitrogens is 1. The van der Waals surface area contributed by atoms with Crippen molar-refractivity contribution in [1.82, 2.24) is 4.98 Å². The van der Waals surface area contributed by atoms with Crippen LogP contribution in [0.5, 0.6) is 5.88 Å². The fraction of sp³-hybridized carbons (Fsp3) is 0.500. The van der Waals surface area contributed by atoms with Gasteiger partial charge in [0.2, 0.25) is 5.88 Å². The van der Waals surface area contributed by atoms with E-state index in [0.29, 0.717) is 12.1 Å². The second-order valence-corrected chi connectivity index (χ2v) is 4.59. The topological polar surface area (TPSA) is 34.2 Å². The van der Waals surface area contributed by atoms with Crippen LogP contribution >= 0.6 is 11.8 Å². The summed E-state index contributed by atoms with van der Waals surface area (Å²) in [4.78, 5) is 4.25. The minimum atomic E-state index is 0.375. The molecule has 0 bridgehead atoms. The lowest BCUT2D eigenvalue weighted by atomic mass is 10.2. The highest BCUT2D eigenvalue weighted by atomic mass is 32.2. The highest BCUT2D eigenvalue weighted by Crippen LogP contribution is 2.41. The Morgan fingerprint density at radius 3 is 3.50 bits per heavy atom. The van der Waals surface area contributed by atoms with Gasteiger partial charge in [-0.15, -0.1) is 0 Å². The summed E-state index contributed by atoms with van der Waals surface area (Å²) >= 11 is 1.82. The Kier molecular flexibility index (Phi) is 1.83. The van der Waals surface area contributed by atoms with Crippen LogP contribution in [0.25, 0.3) is 0 Å². The van der Waals surface area contributed by atoms with Crippen molar-refractivity contribution in [1.29, 1.82) is 0 Å². The molecule has 1 aliphatic heterocycles. The van der Waals surface area contributed by atoms with E-state index in [9.17, 15) is 0 Å². The summed E-state index contributed by atoms with van der Waals surface area (Å²) in [6, 6.07) is 2.60. The van der Waals surface area contributed by atoms with Crippen LogP contribution in [0.4, 0.5) is 5.69 Å². The third-order valence-corrected chi connectivity index (χ3v) is 3.23. The SMILES string of the molecule is CSCc1ccnc2c1NC1CC1O2. The predicted molar refractivity (Wildman–Crippen MR) is 57.9 cm³/mol. The fourth-order valence-electron chi connectivity index (χ4n) is 1.78. The van der Waals surface area contributed by atoms with Crippen molar-refractivity contribution in [2.24, 2.45) is 0 Å². The van der Waals surface area contributed by atoms with Crippen molar-refractivity contribution in [3.8, 4) is 5.88 Å². The molecule has 3 nitrogen and oxygen atoms in total. The van der Waals surface area contributed by atoms with E-state index in [1.807, 2.05) is 18.0 Å². The zero-order valence-corrected chi connectivity index (χ0v) is 8.80. The van der Waals surface area contributed by atoms with E-state index < -0.39 is 0 Å². The maximum atomic E-state index is 5.71. The van der Waals surface area contributed by atoms with Crippen LogP contribution in [-0.2, 0) is 5.75 Å². The van der Waals surface area contributed by atoms with Gasteiger partial charge in [0.25, 0.3) is 0 Å². The largest absolute Gasteiger partial charge is 0.471 e. The molecule has 0 spiro atoms. The van der Waals surface area contributed by atoms with Gasteiger partial charge < -0.3 is 10.1 Å². The van der Waals surface area contributed by atoms with Crippen LogP contribution in [0, 0.1) is 0 Å². The number of pyridine rings is 1. The van der Waals surface area contributed by atoms with Crippen molar-refractivity contribution in [3.05, 3.63) is 17.8 Å². The van der Waals surface area contributed by atoms with Crippen LogP contribution in [0.15, 0.2) is 12.3 Å².